The molecule has 1 fully saturated rings. The van der Waals surface area contributed by atoms with Gasteiger partial charge in [-0.1, -0.05) is 31.2 Å². The van der Waals surface area contributed by atoms with Crippen LogP contribution in [0.3, 0.4) is 0 Å². The average molecular weight is 370 g/mol. The zero-order valence-electron chi connectivity index (χ0n) is 15.6. The molecule has 138 valence electrons. The SMILES string of the molecule is CCN1CCN(c2ccccc2NC(=O)c2ccc(CSC)cc2)CC1. The Morgan fingerprint density at radius 2 is 1.73 bits per heavy atom. The second kappa shape index (κ2) is 9.10. The maximum Gasteiger partial charge on any atom is 0.255 e. The lowest BCUT2D eigenvalue weighted by atomic mass is 10.1. The summed E-state index contributed by atoms with van der Waals surface area (Å²) in [4.78, 5) is 17.5. The standard InChI is InChI=1S/C21H27N3OS/c1-3-23-12-14-24(15-13-23)20-7-5-4-6-19(20)22-21(25)18-10-8-17(9-11-18)16-26-2/h4-11H,3,12-16H2,1-2H3,(H,22,25). The van der Waals surface area contributed by atoms with Crippen LogP contribution in [-0.2, 0) is 5.75 Å². The number of hydrogen-bond acceptors (Lipinski definition) is 4. The van der Waals surface area contributed by atoms with Crippen LogP contribution in [0, 0.1) is 0 Å². The Hall–Kier alpha value is -1.98. The molecule has 26 heavy (non-hydrogen) atoms. The summed E-state index contributed by atoms with van der Waals surface area (Å²) in [7, 11) is 0. The Balaban J connectivity index is 1.70. The number of rotatable bonds is 6. The first-order chi connectivity index (χ1) is 12.7. The van der Waals surface area contributed by atoms with E-state index in [0.717, 1.165) is 49.9 Å². The maximum atomic E-state index is 12.7. The number of anilines is 2. The van der Waals surface area contributed by atoms with E-state index in [9.17, 15) is 4.79 Å². The minimum atomic E-state index is -0.0552. The quantitative estimate of drug-likeness (QED) is 0.836. The number of thioether (sulfide) groups is 1. The molecule has 0 spiro atoms. The van der Waals surface area contributed by atoms with Gasteiger partial charge >= 0.3 is 0 Å². The van der Waals surface area contributed by atoms with Gasteiger partial charge in [-0.15, -0.1) is 0 Å². The van der Waals surface area contributed by atoms with Crippen LogP contribution in [0.5, 0.6) is 0 Å². The number of nitrogens with one attached hydrogen (secondary N) is 1. The molecule has 4 nitrogen and oxygen atoms in total. The summed E-state index contributed by atoms with van der Waals surface area (Å²) in [6.45, 7) is 7.41. The van der Waals surface area contributed by atoms with Gasteiger partial charge in [-0.2, -0.15) is 11.8 Å². The van der Waals surface area contributed by atoms with Crippen LogP contribution in [0.4, 0.5) is 11.4 Å². The molecule has 1 aliphatic rings. The largest absolute Gasteiger partial charge is 0.367 e. The molecule has 0 unspecified atom stereocenters. The highest BCUT2D eigenvalue weighted by molar-refractivity contribution is 7.97. The summed E-state index contributed by atoms with van der Waals surface area (Å²) in [6, 6.07) is 16.0. The Kier molecular flexibility index (Phi) is 6.58. The Bertz CT molecular complexity index is 724. The predicted molar refractivity (Wildman–Crippen MR) is 112 cm³/mol. The van der Waals surface area contributed by atoms with Crippen molar-refractivity contribution in [1.82, 2.24) is 4.90 Å². The third kappa shape index (κ3) is 4.59. The van der Waals surface area contributed by atoms with Gasteiger partial charge in [-0.3, -0.25) is 4.79 Å². The van der Waals surface area contributed by atoms with E-state index in [1.165, 1.54) is 5.56 Å². The average Bonchev–Trinajstić information content (AvgIpc) is 2.69. The second-order valence-corrected chi connectivity index (χ2v) is 7.39. The molecular weight excluding hydrogens is 342 g/mol. The van der Waals surface area contributed by atoms with Crippen molar-refractivity contribution in [1.29, 1.82) is 0 Å². The smallest absolute Gasteiger partial charge is 0.255 e. The van der Waals surface area contributed by atoms with Gasteiger partial charge in [0.1, 0.15) is 0 Å². The molecule has 2 aromatic carbocycles. The van der Waals surface area contributed by atoms with Gasteiger partial charge in [0.15, 0.2) is 0 Å². The first kappa shape index (κ1) is 18.8. The number of hydrogen-bond donors (Lipinski definition) is 1. The molecule has 0 saturated carbocycles. The summed E-state index contributed by atoms with van der Waals surface area (Å²) in [5.41, 5.74) is 3.93. The van der Waals surface area contributed by atoms with Crippen molar-refractivity contribution in [2.24, 2.45) is 0 Å². The Labute approximate surface area is 160 Å². The zero-order valence-corrected chi connectivity index (χ0v) is 16.4. The highest BCUT2D eigenvalue weighted by atomic mass is 32.2. The van der Waals surface area contributed by atoms with Crippen molar-refractivity contribution in [2.75, 3.05) is 49.2 Å². The van der Waals surface area contributed by atoms with Crippen LogP contribution in [0.2, 0.25) is 0 Å². The van der Waals surface area contributed by atoms with E-state index < -0.39 is 0 Å². The van der Waals surface area contributed by atoms with Gasteiger partial charge < -0.3 is 15.1 Å². The fraction of sp³-hybridized carbons (Fsp3) is 0.381. The van der Waals surface area contributed by atoms with Crippen molar-refractivity contribution in [3.05, 3.63) is 59.7 Å². The summed E-state index contributed by atoms with van der Waals surface area (Å²) >= 11 is 1.78. The minimum Gasteiger partial charge on any atom is -0.367 e. The summed E-state index contributed by atoms with van der Waals surface area (Å²) in [6.07, 6.45) is 2.08. The van der Waals surface area contributed by atoms with E-state index in [0.29, 0.717) is 5.56 Å². The van der Waals surface area contributed by atoms with Crippen LogP contribution in [0.25, 0.3) is 0 Å². The molecule has 0 aliphatic carbocycles. The highest BCUT2D eigenvalue weighted by Gasteiger charge is 2.19. The molecule has 1 saturated heterocycles. The number of piperazine rings is 1. The Morgan fingerprint density at radius 3 is 2.38 bits per heavy atom. The molecule has 2 aromatic rings. The van der Waals surface area contributed by atoms with Crippen molar-refractivity contribution >= 4 is 29.0 Å². The zero-order chi connectivity index (χ0) is 18.4. The number of carbonyl (C=O) groups is 1. The third-order valence-corrected chi connectivity index (χ3v) is 5.46. The van der Waals surface area contributed by atoms with Crippen LogP contribution < -0.4 is 10.2 Å². The second-order valence-electron chi connectivity index (χ2n) is 6.52. The van der Waals surface area contributed by atoms with Crippen LogP contribution in [-0.4, -0.2) is 49.8 Å². The normalized spacial score (nSPS) is 15.1. The predicted octanol–water partition coefficient (Wildman–Crippen LogP) is 3.94. The summed E-state index contributed by atoms with van der Waals surface area (Å²) < 4.78 is 0. The summed E-state index contributed by atoms with van der Waals surface area (Å²) in [5.74, 6) is 0.912. The first-order valence-electron chi connectivity index (χ1n) is 9.17. The highest BCUT2D eigenvalue weighted by Crippen LogP contribution is 2.27. The lowest BCUT2D eigenvalue weighted by Gasteiger charge is -2.36. The third-order valence-electron chi connectivity index (χ3n) is 4.84. The molecule has 0 atom stereocenters. The Morgan fingerprint density at radius 1 is 1.04 bits per heavy atom. The van der Waals surface area contributed by atoms with Gasteiger partial charge in [0.25, 0.3) is 5.91 Å². The molecule has 5 heteroatoms. The van der Waals surface area contributed by atoms with E-state index in [1.807, 2.05) is 42.5 Å². The lowest BCUT2D eigenvalue weighted by Crippen LogP contribution is -2.46. The fourth-order valence-electron chi connectivity index (χ4n) is 3.27. The molecule has 0 aromatic heterocycles. The molecule has 1 heterocycles. The number of likely N-dealkylation sites (N-methyl/N-ethyl adjacent to an activating group) is 1. The molecule has 3 rings (SSSR count). The first-order valence-corrected chi connectivity index (χ1v) is 10.6. The number of para-hydroxylation sites is 2. The van der Waals surface area contributed by atoms with E-state index in [1.54, 1.807) is 11.8 Å². The van der Waals surface area contributed by atoms with Crippen molar-refractivity contribution in [2.45, 2.75) is 12.7 Å². The molecule has 0 radical (unpaired) electrons. The minimum absolute atomic E-state index is 0.0552. The number of amides is 1. The van der Waals surface area contributed by atoms with Crippen LogP contribution >= 0.6 is 11.8 Å². The number of carbonyl (C=O) groups excluding carboxylic acids is 1. The van der Waals surface area contributed by atoms with Gasteiger partial charge in [-0.05, 0) is 42.6 Å². The molecule has 0 bridgehead atoms. The van der Waals surface area contributed by atoms with E-state index in [-0.39, 0.29) is 5.91 Å². The van der Waals surface area contributed by atoms with Crippen LogP contribution in [0.15, 0.2) is 48.5 Å². The fourth-order valence-corrected chi connectivity index (χ4v) is 3.80. The van der Waals surface area contributed by atoms with Crippen molar-refractivity contribution in [3.8, 4) is 0 Å². The number of nitrogens with zero attached hydrogens (tertiary/aromatic N) is 2. The lowest BCUT2D eigenvalue weighted by molar-refractivity contribution is 0.102. The number of benzene rings is 2. The molecule has 1 aliphatic heterocycles. The van der Waals surface area contributed by atoms with Crippen molar-refractivity contribution < 1.29 is 4.79 Å². The van der Waals surface area contributed by atoms with Gasteiger partial charge in [-0.25, -0.2) is 0 Å². The molecular formula is C21H27N3OS. The monoisotopic (exact) mass is 369 g/mol. The van der Waals surface area contributed by atoms with Gasteiger partial charge in [0, 0.05) is 37.5 Å². The van der Waals surface area contributed by atoms with E-state index in [4.69, 9.17) is 0 Å². The topological polar surface area (TPSA) is 35.6 Å². The maximum absolute atomic E-state index is 12.7. The molecule has 1 N–H and O–H groups in total. The van der Waals surface area contributed by atoms with Crippen LogP contribution in [0.1, 0.15) is 22.8 Å². The molecule has 1 amide bonds. The van der Waals surface area contributed by atoms with Gasteiger partial charge in [0.2, 0.25) is 0 Å². The van der Waals surface area contributed by atoms with E-state index in [2.05, 4.69) is 34.4 Å². The summed E-state index contributed by atoms with van der Waals surface area (Å²) in [5, 5.41) is 3.10. The van der Waals surface area contributed by atoms with Gasteiger partial charge in [0.05, 0.1) is 11.4 Å². The van der Waals surface area contributed by atoms with Crippen molar-refractivity contribution in [3.63, 3.8) is 0 Å². The van der Waals surface area contributed by atoms with E-state index >= 15 is 0 Å².